The fraction of sp³-hybridized carbons (Fsp3) is 0.353. The first-order valence-electron chi connectivity index (χ1n) is 6.94. The van der Waals surface area contributed by atoms with E-state index in [1.807, 2.05) is 25.1 Å². The Bertz CT molecular complexity index is 640. The smallest absolute Gasteiger partial charge is 0.0732 e. The summed E-state index contributed by atoms with van der Waals surface area (Å²) in [5.41, 5.74) is 2.07. The molecule has 0 aliphatic heterocycles. The van der Waals surface area contributed by atoms with Crippen molar-refractivity contribution in [1.82, 2.24) is 10.3 Å². The molecule has 0 bridgehead atoms. The van der Waals surface area contributed by atoms with Gasteiger partial charge >= 0.3 is 0 Å². The lowest BCUT2D eigenvalue weighted by Gasteiger charge is -2.17. The van der Waals surface area contributed by atoms with Gasteiger partial charge in [-0.1, -0.05) is 25.1 Å². The molecule has 1 heterocycles. The molecule has 2 aromatic rings. The van der Waals surface area contributed by atoms with Crippen LogP contribution in [0.1, 0.15) is 38.4 Å². The average molecular weight is 331 g/mol. The van der Waals surface area contributed by atoms with E-state index in [2.05, 4.69) is 52.1 Å². The maximum atomic E-state index is 4.80. The number of pyridine rings is 1. The first-order chi connectivity index (χ1) is 9.76. The monoisotopic (exact) mass is 330 g/mol. The van der Waals surface area contributed by atoms with Crippen LogP contribution in [0.5, 0.6) is 0 Å². The second-order valence-electron chi connectivity index (χ2n) is 4.69. The molecule has 0 radical (unpaired) electrons. The van der Waals surface area contributed by atoms with Crippen LogP contribution in [0.3, 0.4) is 0 Å². The van der Waals surface area contributed by atoms with Crippen molar-refractivity contribution in [2.24, 2.45) is 0 Å². The Labute approximate surface area is 129 Å². The summed E-state index contributed by atoms with van der Waals surface area (Å²) in [5, 5.41) is 4.68. The zero-order valence-electron chi connectivity index (χ0n) is 11.9. The van der Waals surface area contributed by atoms with Gasteiger partial charge in [-0.25, -0.2) is 4.98 Å². The summed E-state index contributed by atoms with van der Waals surface area (Å²) in [5.74, 6) is 6.13. The molecule has 2 nitrogen and oxygen atoms in total. The van der Waals surface area contributed by atoms with E-state index in [0.717, 1.165) is 40.5 Å². The lowest BCUT2D eigenvalue weighted by molar-refractivity contribution is 0.530. The van der Waals surface area contributed by atoms with Gasteiger partial charge < -0.3 is 5.32 Å². The van der Waals surface area contributed by atoms with Gasteiger partial charge in [0.2, 0.25) is 0 Å². The lowest BCUT2D eigenvalue weighted by Crippen LogP contribution is -2.23. The molecule has 3 heteroatoms. The Kier molecular flexibility index (Phi) is 5.58. The van der Waals surface area contributed by atoms with Crippen LogP contribution in [0.4, 0.5) is 0 Å². The van der Waals surface area contributed by atoms with E-state index < -0.39 is 0 Å². The minimum Gasteiger partial charge on any atom is -0.308 e. The van der Waals surface area contributed by atoms with Crippen molar-refractivity contribution in [2.75, 3.05) is 6.54 Å². The number of hydrogen-bond acceptors (Lipinski definition) is 2. The van der Waals surface area contributed by atoms with E-state index in [-0.39, 0.29) is 6.04 Å². The second-order valence-corrected chi connectivity index (χ2v) is 5.54. The van der Waals surface area contributed by atoms with Gasteiger partial charge in [-0.15, -0.1) is 11.8 Å². The Morgan fingerprint density at radius 1 is 1.35 bits per heavy atom. The largest absolute Gasteiger partial charge is 0.308 e. The SMILES string of the molecule is CC#CCC(NCCC)c1nc2ccccc2cc1Br. The van der Waals surface area contributed by atoms with Crippen LogP contribution < -0.4 is 5.32 Å². The molecule has 1 atom stereocenters. The molecule has 0 saturated heterocycles. The Morgan fingerprint density at radius 2 is 2.15 bits per heavy atom. The van der Waals surface area contributed by atoms with Crippen molar-refractivity contribution in [3.63, 3.8) is 0 Å². The highest BCUT2D eigenvalue weighted by atomic mass is 79.9. The summed E-state index contributed by atoms with van der Waals surface area (Å²) in [6.07, 6.45) is 1.88. The number of nitrogens with one attached hydrogen (secondary N) is 1. The van der Waals surface area contributed by atoms with Gasteiger partial charge in [-0.2, -0.15) is 0 Å². The van der Waals surface area contributed by atoms with Crippen LogP contribution in [0.25, 0.3) is 10.9 Å². The molecule has 0 saturated carbocycles. The molecule has 0 fully saturated rings. The lowest BCUT2D eigenvalue weighted by atomic mass is 10.1. The average Bonchev–Trinajstić information content (AvgIpc) is 2.47. The van der Waals surface area contributed by atoms with Crippen LogP contribution in [-0.4, -0.2) is 11.5 Å². The highest BCUT2D eigenvalue weighted by Crippen LogP contribution is 2.27. The minimum atomic E-state index is 0.168. The highest BCUT2D eigenvalue weighted by Gasteiger charge is 2.15. The van der Waals surface area contributed by atoms with Crippen molar-refractivity contribution >= 4 is 26.8 Å². The fourth-order valence-electron chi connectivity index (χ4n) is 2.14. The third-order valence-electron chi connectivity index (χ3n) is 3.16. The Balaban J connectivity index is 2.39. The molecule has 0 aliphatic rings. The number of para-hydroxylation sites is 1. The van der Waals surface area contributed by atoms with Crippen molar-refractivity contribution < 1.29 is 0 Å². The topological polar surface area (TPSA) is 24.9 Å². The van der Waals surface area contributed by atoms with Crippen molar-refractivity contribution in [1.29, 1.82) is 0 Å². The molecule has 0 aliphatic carbocycles. The molecule has 104 valence electrons. The van der Waals surface area contributed by atoms with E-state index in [4.69, 9.17) is 4.98 Å². The number of fused-ring (bicyclic) bond motifs is 1. The first kappa shape index (κ1) is 15.0. The van der Waals surface area contributed by atoms with E-state index in [0.29, 0.717) is 0 Å². The predicted octanol–water partition coefficient (Wildman–Crippen LogP) is 4.45. The zero-order chi connectivity index (χ0) is 14.4. The molecular formula is C17H19BrN2. The summed E-state index contributed by atoms with van der Waals surface area (Å²) < 4.78 is 1.04. The van der Waals surface area contributed by atoms with Gasteiger partial charge in [0, 0.05) is 16.3 Å². The highest BCUT2D eigenvalue weighted by molar-refractivity contribution is 9.10. The van der Waals surface area contributed by atoms with E-state index >= 15 is 0 Å². The molecular weight excluding hydrogens is 312 g/mol. The maximum Gasteiger partial charge on any atom is 0.0732 e. The normalized spacial score (nSPS) is 11.9. The van der Waals surface area contributed by atoms with E-state index in [9.17, 15) is 0 Å². The molecule has 1 aromatic carbocycles. The standard InChI is InChI=1S/C17H19BrN2/c1-3-5-9-16(19-11-4-2)17-14(18)12-13-8-6-7-10-15(13)20-17/h6-8,10,12,16,19H,4,9,11H2,1-2H3. The number of benzene rings is 1. The van der Waals surface area contributed by atoms with Crippen LogP contribution in [0.15, 0.2) is 34.8 Å². The predicted molar refractivity (Wildman–Crippen MR) is 88.5 cm³/mol. The van der Waals surface area contributed by atoms with Crippen molar-refractivity contribution in [3.8, 4) is 11.8 Å². The van der Waals surface area contributed by atoms with Gasteiger partial charge in [-0.05, 0) is 48.0 Å². The summed E-state index contributed by atoms with van der Waals surface area (Å²) in [7, 11) is 0. The zero-order valence-corrected chi connectivity index (χ0v) is 13.5. The first-order valence-corrected chi connectivity index (χ1v) is 7.73. The fourth-order valence-corrected chi connectivity index (χ4v) is 2.75. The van der Waals surface area contributed by atoms with Crippen LogP contribution in [-0.2, 0) is 0 Å². The van der Waals surface area contributed by atoms with Crippen molar-refractivity contribution in [3.05, 3.63) is 40.5 Å². The summed E-state index contributed by atoms with van der Waals surface area (Å²) in [6, 6.07) is 10.5. The third-order valence-corrected chi connectivity index (χ3v) is 3.79. The number of hydrogen-bond donors (Lipinski definition) is 1. The molecule has 0 amide bonds. The molecule has 0 spiro atoms. The number of nitrogens with zero attached hydrogens (tertiary/aromatic N) is 1. The van der Waals surface area contributed by atoms with Gasteiger partial charge in [0.25, 0.3) is 0 Å². The molecule has 1 unspecified atom stereocenters. The Morgan fingerprint density at radius 3 is 2.90 bits per heavy atom. The van der Waals surface area contributed by atoms with E-state index in [1.54, 1.807) is 0 Å². The number of aromatic nitrogens is 1. The van der Waals surface area contributed by atoms with Crippen LogP contribution in [0, 0.1) is 11.8 Å². The molecule has 1 N–H and O–H groups in total. The summed E-state index contributed by atoms with van der Waals surface area (Å²) in [4.78, 5) is 4.80. The molecule has 20 heavy (non-hydrogen) atoms. The number of halogens is 1. The third kappa shape index (κ3) is 3.59. The summed E-state index contributed by atoms with van der Waals surface area (Å²) in [6.45, 7) is 5.01. The van der Waals surface area contributed by atoms with Crippen molar-refractivity contribution in [2.45, 2.75) is 32.7 Å². The van der Waals surface area contributed by atoms with Crippen LogP contribution >= 0.6 is 15.9 Å². The van der Waals surface area contributed by atoms with Gasteiger partial charge in [0.1, 0.15) is 0 Å². The molecule has 1 aromatic heterocycles. The number of rotatable bonds is 5. The summed E-state index contributed by atoms with van der Waals surface area (Å²) >= 11 is 3.65. The van der Waals surface area contributed by atoms with Gasteiger partial charge in [-0.3, -0.25) is 0 Å². The maximum absolute atomic E-state index is 4.80. The van der Waals surface area contributed by atoms with Gasteiger partial charge in [0.15, 0.2) is 0 Å². The van der Waals surface area contributed by atoms with Gasteiger partial charge in [0.05, 0.1) is 17.3 Å². The van der Waals surface area contributed by atoms with E-state index in [1.165, 1.54) is 0 Å². The minimum absolute atomic E-state index is 0.168. The molecule has 2 rings (SSSR count). The van der Waals surface area contributed by atoms with Crippen LogP contribution in [0.2, 0.25) is 0 Å². The quantitative estimate of drug-likeness (QED) is 0.819. The second kappa shape index (κ2) is 7.42. The Hall–Kier alpha value is -1.37.